The van der Waals surface area contributed by atoms with Gasteiger partial charge in [0.15, 0.2) is 9.84 Å². The lowest BCUT2D eigenvalue weighted by atomic mass is 9.92. The molecular formula is C25H22F3NO3S. The third-order valence-electron chi connectivity index (χ3n) is 5.41. The molecule has 1 fully saturated rings. The van der Waals surface area contributed by atoms with Gasteiger partial charge >= 0.3 is 6.36 Å². The van der Waals surface area contributed by atoms with Gasteiger partial charge in [0, 0.05) is 19.3 Å². The normalized spacial score (nSPS) is 14.8. The van der Waals surface area contributed by atoms with E-state index in [2.05, 4.69) is 9.64 Å². The van der Waals surface area contributed by atoms with E-state index in [1.807, 2.05) is 60.7 Å². The number of nitrogens with zero attached hydrogens (tertiary/aromatic N) is 1. The highest BCUT2D eigenvalue weighted by Gasteiger charge is 2.35. The molecule has 4 rings (SSSR count). The topological polar surface area (TPSA) is 46.6 Å². The van der Waals surface area contributed by atoms with E-state index in [-0.39, 0.29) is 16.5 Å². The Kier molecular flexibility index (Phi) is 6.32. The molecule has 1 heterocycles. The molecule has 0 amide bonds. The van der Waals surface area contributed by atoms with Crippen molar-refractivity contribution in [3.63, 3.8) is 0 Å². The molecule has 8 heteroatoms. The summed E-state index contributed by atoms with van der Waals surface area (Å²) in [6.45, 7) is 0.752. The molecule has 1 saturated heterocycles. The quantitative estimate of drug-likeness (QED) is 0.478. The maximum Gasteiger partial charge on any atom is 0.573 e. The number of hydrogen-bond donors (Lipinski definition) is 0. The first-order chi connectivity index (χ1) is 15.6. The minimum Gasteiger partial charge on any atom is -0.406 e. The van der Waals surface area contributed by atoms with Crippen molar-refractivity contribution in [2.75, 3.05) is 19.3 Å². The van der Waals surface area contributed by atoms with Gasteiger partial charge < -0.3 is 4.74 Å². The Morgan fingerprint density at radius 2 is 1.42 bits per heavy atom. The third kappa shape index (κ3) is 5.46. The standard InChI is InChI=1S/C25H22F3NO3S/c1-33(30,31)24(20-13-8-14-22(15-20)32-25(26,27)28)21-16-29(17-21)23(18-9-4-2-5-10-18)19-11-6-3-7-12-19/h2-15,23H,16-17H2,1H3. The van der Waals surface area contributed by atoms with E-state index in [1.54, 1.807) is 0 Å². The number of halogens is 3. The second kappa shape index (κ2) is 9.03. The van der Waals surface area contributed by atoms with Gasteiger partial charge in [-0.2, -0.15) is 0 Å². The van der Waals surface area contributed by atoms with Crippen LogP contribution in [0.5, 0.6) is 5.75 Å². The SMILES string of the molecule is CS(=O)(=O)C(=C1CN(C(c2ccccc2)c2ccccc2)C1)c1cccc(OC(F)(F)F)c1. The summed E-state index contributed by atoms with van der Waals surface area (Å²) in [6, 6.07) is 24.8. The Morgan fingerprint density at radius 1 is 0.879 bits per heavy atom. The van der Waals surface area contributed by atoms with Gasteiger partial charge in [0.1, 0.15) is 5.75 Å². The third-order valence-corrected chi connectivity index (χ3v) is 6.67. The molecule has 33 heavy (non-hydrogen) atoms. The average Bonchev–Trinajstić information content (AvgIpc) is 2.72. The van der Waals surface area contributed by atoms with Gasteiger partial charge in [-0.15, -0.1) is 13.2 Å². The first-order valence-electron chi connectivity index (χ1n) is 10.2. The monoisotopic (exact) mass is 473 g/mol. The molecular weight excluding hydrogens is 451 g/mol. The lowest BCUT2D eigenvalue weighted by Crippen LogP contribution is -2.44. The maximum absolute atomic E-state index is 12.6. The number of ether oxygens (including phenoxy) is 1. The highest BCUT2D eigenvalue weighted by Crippen LogP contribution is 2.38. The van der Waals surface area contributed by atoms with Crippen LogP contribution in [0.25, 0.3) is 4.91 Å². The second-order valence-electron chi connectivity index (χ2n) is 7.91. The van der Waals surface area contributed by atoms with E-state index >= 15 is 0 Å². The molecule has 3 aromatic rings. The molecule has 1 aliphatic rings. The van der Waals surface area contributed by atoms with Crippen LogP contribution in [0.1, 0.15) is 22.7 Å². The summed E-state index contributed by atoms with van der Waals surface area (Å²) in [5, 5.41) is 0. The molecule has 0 bridgehead atoms. The zero-order valence-electron chi connectivity index (χ0n) is 17.8. The molecule has 0 saturated carbocycles. The van der Waals surface area contributed by atoms with Gasteiger partial charge in [-0.25, -0.2) is 8.42 Å². The molecule has 0 spiro atoms. The highest BCUT2D eigenvalue weighted by atomic mass is 32.2. The zero-order valence-corrected chi connectivity index (χ0v) is 18.6. The van der Waals surface area contributed by atoms with E-state index in [1.165, 1.54) is 12.1 Å². The molecule has 0 atom stereocenters. The first kappa shape index (κ1) is 23.1. The molecule has 0 N–H and O–H groups in total. The Morgan fingerprint density at radius 3 is 1.91 bits per heavy atom. The van der Waals surface area contributed by atoms with Crippen molar-refractivity contribution in [2.45, 2.75) is 12.4 Å². The van der Waals surface area contributed by atoms with E-state index in [9.17, 15) is 21.6 Å². The molecule has 1 aliphatic heterocycles. The van der Waals surface area contributed by atoms with Gasteiger partial charge in [0.25, 0.3) is 0 Å². The summed E-state index contributed by atoms with van der Waals surface area (Å²) in [4.78, 5) is 2.19. The van der Waals surface area contributed by atoms with Crippen LogP contribution in [0.2, 0.25) is 0 Å². The highest BCUT2D eigenvalue weighted by molar-refractivity contribution is 8.00. The molecule has 0 unspecified atom stereocenters. The summed E-state index contributed by atoms with van der Waals surface area (Å²) in [5.41, 5.74) is 2.98. The van der Waals surface area contributed by atoms with Gasteiger partial charge in [-0.05, 0) is 34.4 Å². The molecule has 0 aliphatic carbocycles. The van der Waals surface area contributed by atoms with Crippen LogP contribution < -0.4 is 4.74 Å². The molecule has 172 valence electrons. The minimum absolute atomic E-state index is 0.0475. The lowest BCUT2D eigenvalue weighted by Gasteiger charge is -2.42. The molecule has 3 aromatic carbocycles. The fourth-order valence-corrected chi connectivity index (χ4v) is 5.38. The van der Waals surface area contributed by atoms with Crippen LogP contribution in [0.15, 0.2) is 90.5 Å². The Hall–Kier alpha value is -3.10. The first-order valence-corrected chi connectivity index (χ1v) is 12.1. The fraction of sp³-hybridized carbons (Fsp3) is 0.200. The number of benzene rings is 3. The number of hydrogen-bond acceptors (Lipinski definition) is 4. The van der Waals surface area contributed by atoms with Gasteiger partial charge in [-0.3, -0.25) is 4.90 Å². The van der Waals surface area contributed by atoms with Crippen molar-refractivity contribution < 1.29 is 26.3 Å². The number of alkyl halides is 3. The van der Waals surface area contributed by atoms with Gasteiger partial charge in [-0.1, -0.05) is 72.8 Å². The molecule has 0 aromatic heterocycles. The van der Waals surface area contributed by atoms with Gasteiger partial charge in [0.05, 0.1) is 10.9 Å². The van der Waals surface area contributed by atoms with Crippen molar-refractivity contribution in [1.82, 2.24) is 4.90 Å². The van der Waals surface area contributed by atoms with Crippen LogP contribution in [-0.2, 0) is 9.84 Å². The fourth-order valence-electron chi connectivity index (χ4n) is 4.17. The van der Waals surface area contributed by atoms with Crippen LogP contribution >= 0.6 is 0 Å². The summed E-state index contributed by atoms with van der Waals surface area (Å²) < 4.78 is 67.2. The predicted octanol–water partition coefficient (Wildman–Crippen LogP) is 5.45. The van der Waals surface area contributed by atoms with Crippen molar-refractivity contribution in [3.8, 4) is 5.75 Å². The number of likely N-dealkylation sites (tertiary alicyclic amines) is 1. The molecule has 4 nitrogen and oxygen atoms in total. The van der Waals surface area contributed by atoms with Crippen LogP contribution in [0.4, 0.5) is 13.2 Å². The summed E-state index contributed by atoms with van der Waals surface area (Å²) >= 11 is 0. The predicted molar refractivity (Wildman–Crippen MR) is 121 cm³/mol. The van der Waals surface area contributed by atoms with E-state index < -0.39 is 21.9 Å². The van der Waals surface area contributed by atoms with E-state index in [0.29, 0.717) is 18.7 Å². The number of rotatable bonds is 6. The smallest absolute Gasteiger partial charge is 0.406 e. The minimum atomic E-state index is -4.86. The Balaban J connectivity index is 1.69. The summed E-state index contributed by atoms with van der Waals surface area (Å²) in [7, 11) is -3.70. The Labute approximate surface area is 190 Å². The maximum atomic E-state index is 12.6. The number of sulfone groups is 1. The zero-order chi connectivity index (χ0) is 23.6. The summed E-state index contributed by atoms with van der Waals surface area (Å²) in [5.74, 6) is -0.454. The summed E-state index contributed by atoms with van der Waals surface area (Å²) in [6.07, 6.45) is -3.79. The average molecular weight is 474 g/mol. The van der Waals surface area contributed by atoms with E-state index in [0.717, 1.165) is 29.5 Å². The van der Waals surface area contributed by atoms with Crippen LogP contribution in [0, 0.1) is 0 Å². The van der Waals surface area contributed by atoms with Gasteiger partial charge in [0.2, 0.25) is 0 Å². The Bertz CT molecular complexity index is 1210. The van der Waals surface area contributed by atoms with Crippen molar-refractivity contribution >= 4 is 14.7 Å². The van der Waals surface area contributed by atoms with Crippen molar-refractivity contribution in [2.24, 2.45) is 0 Å². The largest absolute Gasteiger partial charge is 0.573 e. The van der Waals surface area contributed by atoms with Crippen molar-refractivity contribution in [1.29, 1.82) is 0 Å². The second-order valence-corrected chi connectivity index (χ2v) is 9.86. The molecule has 0 radical (unpaired) electrons. The van der Waals surface area contributed by atoms with Crippen LogP contribution in [0.3, 0.4) is 0 Å². The van der Waals surface area contributed by atoms with Crippen molar-refractivity contribution in [3.05, 3.63) is 107 Å². The lowest BCUT2D eigenvalue weighted by molar-refractivity contribution is -0.274. The van der Waals surface area contributed by atoms with Crippen LogP contribution in [-0.4, -0.2) is 39.0 Å². The van der Waals surface area contributed by atoms with E-state index in [4.69, 9.17) is 0 Å².